The van der Waals surface area contributed by atoms with Gasteiger partial charge in [0.05, 0.1) is 5.69 Å². The van der Waals surface area contributed by atoms with E-state index in [0.717, 1.165) is 21.2 Å². The quantitative estimate of drug-likeness (QED) is 0.625. The number of aromatic nitrogens is 2. The van der Waals surface area contributed by atoms with Gasteiger partial charge in [0.25, 0.3) is 0 Å². The van der Waals surface area contributed by atoms with Crippen LogP contribution in [0.1, 0.15) is 29.1 Å². The van der Waals surface area contributed by atoms with Gasteiger partial charge in [-0.3, -0.25) is 4.40 Å². The summed E-state index contributed by atoms with van der Waals surface area (Å²) in [6.07, 6.45) is 5.01. The molecule has 4 heteroatoms. The molecule has 20 heavy (non-hydrogen) atoms. The molecule has 2 nitrogen and oxygen atoms in total. The van der Waals surface area contributed by atoms with E-state index in [1.54, 1.807) is 0 Å². The van der Waals surface area contributed by atoms with Crippen LogP contribution in [-0.2, 0) is 12.8 Å². The predicted octanol–water partition coefficient (Wildman–Crippen LogP) is 4.90. The molecule has 1 aliphatic rings. The summed E-state index contributed by atoms with van der Waals surface area (Å²) in [6.45, 7) is 2.16. The van der Waals surface area contributed by atoms with Gasteiger partial charge in [-0.2, -0.15) is 0 Å². The average Bonchev–Trinajstić information content (AvgIpc) is 2.96. The van der Waals surface area contributed by atoms with E-state index in [2.05, 4.69) is 17.4 Å². The average molecular weight is 303 g/mol. The number of imidazole rings is 1. The fraction of sp³-hybridized carbons (Fsp3) is 0.312. The second-order valence-electron chi connectivity index (χ2n) is 5.35. The summed E-state index contributed by atoms with van der Waals surface area (Å²) in [5.41, 5.74) is 4.89. The van der Waals surface area contributed by atoms with E-state index >= 15 is 0 Å². The highest BCUT2D eigenvalue weighted by atomic mass is 35.5. The summed E-state index contributed by atoms with van der Waals surface area (Å²) < 4.78 is 2.36. The van der Waals surface area contributed by atoms with Gasteiger partial charge in [-0.25, -0.2) is 4.98 Å². The molecule has 0 aliphatic heterocycles. The Balaban J connectivity index is 1.94. The Morgan fingerprint density at radius 1 is 1.25 bits per heavy atom. The fourth-order valence-electron chi connectivity index (χ4n) is 3.09. The van der Waals surface area contributed by atoms with Crippen molar-refractivity contribution >= 4 is 27.9 Å². The lowest BCUT2D eigenvalue weighted by Crippen LogP contribution is -2.03. The number of halogens is 1. The number of hydrogen-bond donors (Lipinski definition) is 0. The van der Waals surface area contributed by atoms with Crippen LogP contribution in [0.15, 0.2) is 24.3 Å². The van der Waals surface area contributed by atoms with Crippen LogP contribution in [0.5, 0.6) is 0 Å². The zero-order valence-electron chi connectivity index (χ0n) is 11.3. The van der Waals surface area contributed by atoms with Crippen molar-refractivity contribution in [3.8, 4) is 11.3 Å². The standard InChI is InChI=1S/C16H15ClN2S/c1-10-15(11-5-4-6-12(17)9-11)18-16-19(10)13-7-2-3-8-14(13)20-16/h4-6,9H,2-3,7-8H2,1H3. The van der Waals surface area contributed by atoms with Crippen molar-refractivity contribution in [1.82, 2.24) is 9.38 Å². The Morgan fingerprint density at radius 3 is 2.95 bits per heavy atom. The summed E-state index contributed by atoms with van der Waals surface area (Å²) in [5, 5.41) is 0.764. The molecule has 0 saturated carbocycles. The second kappa shape index (κ2) is 4.61. The molecule has 0 N–H and O–H groups in total. The summed E-state index contributed by atoms with van der Waals surface area (Å²) in [6, 6.07) is 7.96. The van der Waals surface area contributed by atoms with Gasteiger partial charge >= 0.3 is 0 Å². The first-order valence-corrected chi connectivity index (χ1v) is 8.19. The number of rotatable bonds is 1. The molecule has 0 saturated heterocycles. The third-order valence-electron chi connectivity index (χ3n) is 4.05. The molecule has 0 spiro atoms. The lowest BCUT2D eigenvalue weighted by atomic mass is 10.0. The molecular weight excluding hydrogens is 288 g/mol. The molecule has 1 aliphatic carbocycles. The summed E-state index contributed by atoms with van der Waals surface area (Å²) >= 11 is 7.96. The highest BCUT2D eigenvalue weighted by molar-refractivity contribution is 7.17. The first-order chi connectivity index (χ1) is 9.74. The monoisotopic (exact) mass is 302 g/mol. The summed E-state index contributed by atoms with van der Waals surface area (Å²) in [4.78, 5) is 7.51. The molecule has 0 amide bonds. The van der Waals surface area contributed by atoms with E-state index in [4.69, 9.17) is 16.6 Å². The van der Waals surface area contributed by atoms with Crippen molar-refractivity contribution in [3.05, 3.63) is 45.6 Å². The zero-order valence-corrected chi connectivity index (χ0v) is 12.9. The SMILES string of the molecule is Cc1c(-c2cccc(Cl)c2)nc2sc3c(n12)CCCC3. The molecule has 0 atom stereocenters. The Morgan fingerprint density at radius 2 is 2.10 bits per heavy atom. The van der Waals surface area contributed by atoms with E-state index < -0.39 is 0 Å². The minimum Gasteiger partial charge on any atom is -0.291 e. The first-order valence-electron chi connectivity index (χ1n) is 6.99. The molecule has 2 aromatic heterocycles. The minimum absolute atomic E-state index is 0.764. The van der Waals surface area contributed by atoms with Gasteiger partial charge in [0.1, 0.15) is 0 Å². The molecule has 4 rings (SSSR count). The van der Waals surface area contributed by atoms with Gasteiger partial charge in [0, 0.05) is 26.9 Å². The van der Waals surface area contributed by atoms with E-state index in [-0.39, 0.29) is 0 Å². The number of aryl methyl sites for hydroxylation is 3. The van der Waals surface area contributed by atoms with Crippen LogP contribution in [0, 0.1) is 6.92 Å². The molecular formula is C16H15ClN2S. The molecule has 0 fully saturated rings. The molecule has 3 aromatic rings. The van der Waals surface area contributed by atoms with E-state index in [1.807, 2.05) is 29.5 Å². The normalized spacial score (nSPS) is 14.7. The van der Waals surface area contributed by atoms with E-state index in [9.17, 15) is 0 Å². The van der Waals surface area contributed by atoms with Crippen molar-refractivity contribution in [3.63, 3.8) is 0 Å². The van der Waals surface area contributed by atoms with Crippen LogP contribution >= 0.6 is 22.9 Å². The largest absolute Gasteiger partial charge is 0.291 e. The minimum atomic E-state index is 0.764. The highest BCUT2D eigenvalue weighted by Gasteiger charge is 2.21. The van der Waals surface area contributed by atoms with Crippen molar-refractivity contribution in [2.24, 2.45) is 0 Å². The Hall–Kier alpha value is -1.32. The number of hydrogen-bond acceptors (Lipinski definition) is 2. The van der Waals surface area contributed by atoms with Crippen LogP contribution in [0.4, 0.5) is 0 Å². The number of thiazole rings is 1. The number of nitrogens with zero attached hydrogens (tertiary/aromatic N) is 2. The second-order valence-corrected chi connectivity index (χ2v) is 6.85. The Bertz CT molecular complexity index is 800. The zero-order chi connectivity index (χ0) is 13.7. The summed E-state index contributed by atoms with van der Waals surface area (Å²) in [7, 11) is 0. The molecule has 0 unspecified atom stereocenters. The van der Waals surface area contributed by atoms with Gasteiger partial charge in [0.15, 0.2) is 4.96 Å². The predicted molar refractivity (Wildman–Crippen MR) is 84.9 cm³/mol. The smallest absolute Gasteiger partial charge is 0.194 e. The van der Waals surface area contributed by atoms with E-state index in [0.29, 0.717) is 0 Å². The lowest BCUT2D eigenvalue weighted by Gasteiger charge is -2.11. The molecule has 102 valence electrons. The van der Waals surface area contributed by atoms with Gasteiger partial charge < -0.3 is 0 Å². The van der Waals surface area contributed by atoms with Gasteiger partial charge in [-0.15, -0.1) is 11.3 Å². The Labute approximate surface area is 127 Å². The molecule has 1 aromatic carbocycles. The topological polar surface area (TPSA) is 17.3 Å². The number of benzene rings is 1. The van der Waals surface area contributed by atoms with Crippen molar-refractivity contribution in [2.75, 3.05) is 0 Å². The molecule has 2 heterocycles. The van der Waals surface area contributed by atoms with E-state index in [1.165, 1.54) is 41.9 Å². The maximum Gasteiger partial charge on any atom is 0.194 e. The highest BCUT2D eigenvalue weighted by Crippen LogP contribution is 2.34. The van der Waals surface area contributed by atoms with Crippen LogP contribution in [0.3, 0.4) is 0 Å². The van der Waals surface area contributed by atoms with Crippen LogP contribution in [-0.4, -0.2) is 9.38 Å². The third-order valence-corrected chi connectivity index (χ3v) is 5.43. The number of fused-ring (bicyclic) bond motifs is 3. The van der Waals surface area contributed by atoms with Gasteiger partial charge in [-0.1, -0.05) is 23.7 Å². The third kappa shape index (κ3) is 1.80. The first kappa shape index (κ1) is 12.4. The maximum absolute atomic E-state index is 6.10. The van der Waals surface area contributed by atoms with Crippen LogP contribution in [0.25, 0.3) is 16.2 Å². The van der Waals surface area contributed by atoms with Crippen LogP contribution < -0.4 is 0 Å². The van der Waals surface area contributed by atoms with Crippen molar-refractivity contribution < 1.29 is 0 Å². The van der Waals surface area contributed by atoms with Gasteiger partial charge in [-0.05, 0) is 44.7 Å². The maximum atomic E-state index is 6.10. The van der Waals surface area contributed by atoms with Gasteiger partial charge in [0.2, 0.25) is 0 Å². The van der Waals surface area contributed by atoms with Crippen LogP contribution in [0.2, 0.25) is 5.02 Å². The summed E-state index contributed by atoms with van der Waals surface area (Å²) in [5.74, 6) is 0. The molecule has 0 radical (unpaired) electrons. The lowest BCUT2D eigenvalue weighted by molar-refractivity contribution is 0.672. The fourth-order valence-corrected chi connectivity index (χ4v) is 4.53. The Kier molecular flexibility index (Phi) is 2.86. The van der Waals surface area contributed by atoms with Crippen molar-refractivity contribution in [2.45, 2.75) is 32.6 Å². The van der Waals surface area contributed by atoms with Crippen molar-refractivity contribution in [1.29, 1.82) is 0 Å². The molecule has 0 bridgehead atoms.